The Labute approximate surface area is 128 Å². The van der Waals surface area contributed by atoms with Crippen molar-refractivity contribution in [3.8, 4) is 5.75 Å². The Morgan fingerprint density at radius 3 is 2.81 bits per heavy atom. The van der Waals surface area contributed by atoms with Gasteiger partial charge in [0, 0.05) is 39.3 Å². The van der Waals surface area contributed by atoms with E-state index in [9.17, 15) is 0 Å². The van der Waals surface area contributed by atoms with Crippen molar-refractivity contribution in [3.05, 3.63) is 36.4 Å². The molecule has 0 unspecified atom stereocenters. The van der Waals surface area contributed by atoms with Crippen molar-refractivity contribution >= 4 is 5.69 Å². The van der Waals surface area contributed by atoms with Gasteiger partial charge in [0.05, 0.1) is 11.8 Å². The van der Waals surface area contributed by atoms with Crippen molar-refractivity contribution in [2.75, 3.05) is 37.6 Å². The zero-order valence-electron chi connectivity index (χ0n) is 13.2. The number of nitrogens with one attached hydrogen (secondary N) is 2. The van der Waals surface area contributed by atoms with Gasteiger partial charge in [0.1, 0.15) is 5.75 Å². The number of rotatable bonds is 7. The van der Waals surface area contributed by atoms with E-state index in [0.717, 1.165) is 45.0 Å². The Balaban J connectivity index is 2.15. The lowest BCUT2D eigenvalue weighted by molar-refractivity contribution is 0.242. The smallest absolute Gasteiger partial charge is 0.143 e. The second-order valence-corrected chi connectivity index (χ2v) is 5.63. The van der Waals surface area contributed by atoms with E-state index in [1.165, 1.54) is 11.3 Å². The summed E-state index contributed by atoms with van der Waals surface area (Å²) in [6.07, 6.45) is 2.06. The van der Waals surface area contributed by atoms with E-state index in [0.29, 0.717) is 0 Å². The highest BCUT2D eigenvalue weighted by molar-refractivity contribution is 5.60. The van der Waals surface area contributed by atoms with Crippen molar-refractivity contribution in [2.24, 2.45) is 0 Å². The lowest BCUT2D eigenvalue weighted by atomic mass is 10.1. The maximum absolute atomic E-state index is 6.04. The molecule has 21 heavy (non-hydrogen) atoms. The third kappa shape index (κ3) is 4.76. The number of benzene rings is 1. The fourth-order valence-electron chi connectivity index (χ4n) is 2.50. The Hall–Kier alpha value is -1.52. The van der Waals surface area contributed by atoms with Gasteiger partial charge < -0.3 is 20.3 Å². The molecular weight excluding hydrogens is 262 g/mol. The van der Waals surface area contributed by atoms with Crippen LogP contribution in [0.2, 0.25) is 0 Å². The monoisotopic (exact) mass is 289 g/mol. The molecule has 116 valence electrons. The molecule has 1 aliphatic rings. The van der Waals surface area contributed by atoms with Gasteiger partial charge in [-0.3, -0.25) is 0 Å². The molecule has 0 aromatic heterocycles. The Kier molecular flexibility index (Phi) is 6.08. The van der Waals surface area contributed by atoms with Gasteiger partial charge in [0.25, 0.3) is 0 Å². The molecule has 1 aliphatic heterocycles. The van der Waals surface area contributed by atoms with E-state index >= 15 is 0 Å². The molecular formula is C17H27N3O. The van der Waals surface area contributed by atoms with Crippen LogP contribution in [0.5, 0.6) is 5.75 Å². The molecule has 1 fully saturated rings. The number of piperazine rings is 1. The Morgan fingerprint density at radius 1 is 1.38 bits per heavy atom. The maximum Gasteiger partial charge on any atom is 0.143 e. The Bertz CT molecular complexity index is 453. The highest BCUT2D eigenvalue weighted by Crippen LogP contribution is 2.30. The van der Waals surface area contributed by atoms with Crippen LogP contribution >= 0.6 is 0 Å². The van der Waals surface area contributed by atoms with Gasteiger partial charge in [-0.05, 0) is 31.5 Å². The minimum atomic E-state index is 0.183. The van der Waals surface area contributed by atoms with E-state index in [2.05, 4.69) is 54.2 Å². The summed E-state index contributed by atoms with van der Waals surface area (Å²) in [5.74, 6) is 0.991. The summed E-state index contributed by atoms with van der Waals surface area (Å²) in [7, 11) is 0. The number of nitrogens with zero attached hydrogens (tertiary/aromatic N) is 1. The van der Waals surface area contributed by atoms with Crippen LogP contribution < -0.4 is 20.3 Å². The highest BCUT2D eigenvalue weighted by Gasteiger charge is 2.16. The molecule has 1 aromatic carbocycles. The molecule has 0 bridgehead atoms. The molecule has 4 heteroatoms. The van der Waals surface area contributed by atoms with Crippen molar-refractivity contribution in [2.45, 2.75) is 26.5 Å². The molecule has 1 heterocycles. The summed E-state index contributed by atoms with van der Waals surface area (Å²) < 4.78 is 6.04. The molecule has 0 spiro atoms. The highest BCUT2D eigenvalue weighted by atomic mass is 16.5. The minimum Gasteiger partial charge on any atom is -0.489 e. The zero-order valence-corrected chi connectivity index (χ0v) is 13.2. The van der Waals surface area contributed by atoms with Crippen molar-refractivity contribution in [1.82, 2.24) is 10.6 Å². The minimum absolute atomic E-state index is 0.183. The van der Waals surface area contributed by atoms with Crippen molar-refractivity contribution < 1.29 is 4.74 Å². The molecule has 1 aromatic rings. The first-order valence-electron chi connectivity index (χ1n) is 7.77. The van der Waals surface area contributed by atoms with Crippen LogP contribution in [0.3, 0.4) is 0 Å². The summed E-state index contributed by atoms with van der Waals surface area (Å²) in [5, 5.41) is 6.72. The van der Waals surface area contributed by atoms with Crippen LogP contribution in [-0.4, -0.2) is 38.8 Å². The van der Waals surface area contributed by atoms with E-state index in [4.69, 9.17) is 4.74 Å². The number of hydrogen-bond donors (Lipinski definition) is 2. The van der Waals surface area contributed by atoms with Crippen LogP contribution in [0.15, 0.2) is 30.9 Å². The van der Waals surface area contributed by atoms with Gasteiger partial charge in [-0.2, -0.15) is 0 Å². The standard InChI is InChI=1S/C17H27N3O/c1-4-7-19-13-15-5-6-16(17(12-15)21-14(2)3)20-10-8-18-9-11-20/h4-6,12,14,18-19H,1,7-11,13H2,2-3H3. The van der Waals surface area contributed by atoms with E-state index < -0.39 is 0 Å². The normalized spacial score (nSPS) is 15.3. The topological polar surface area (TPSA) is 36.5 Å². The summed E-state index contributed by atoms with van der Waals surface area (Å²) in [5.41, 5.74) is 2.45. The average Bonchev–Trinajstić information content (AvgIpc) is 2.48. The maximum atomic E-state index is 6.04. The molecule has 0 atom stereocenters. The molecule has 2 rings (SSSR count). The Morgan fingerprint density at radius 2 is 2.14 bits per heavy atom. The quantitative estimate of drug-likeness (QED) is 0.596. The van der Waals surface area contributed by atoms with Gasteiger partial charge in [0.2, 0.25) is 0 Å². The van der Waals surface area contributed by atoms with Gasteiger partial charge >= 0.3 is 0 Å². The van der Waals surface area contributed by atoms with Crippen molar-refractivity contribution in [1.29, 1.82) is 0 Å². The largest absolute Gasteiger partial charge is 0.489 e. The molecule has 0 aliphatic carbocycles. The van der Waals surface area contributed by atoms with Gasteiger partial charge in [0.15, 0.2) is 0 Å². The van der Waals surface area contributed by atoms with Crippen LogP contribution in [0.25, 0.3) is 0 Å². The predicted molar refractivity (Wildman–Crippen MR) is 89.2 cm³/mol. The summed E-state index contributed by atoms with van der Waals surface area (Å²) in [6, 6.07) is 6.53. The molecule has 4 nitrogen and oxygen atoms in total. The molecule has 0 amide bonds. The zero-order chi connectivity index (χ0) is 15.1. The second kappa shape index (κ2) is 8.05. The first kappa shape index (κ1) is 15.9. The van der Waals surface area contributed by atoms with E-state index in [1.54, 1.807) is 0 Å². The first-order chi connectivity index (χ1) is 10.2. The fourth-order valence-corrected chi connectivity index (χ4v) is 2.50. The SMILES string of the molecule is C=CCNCc1ccc(N2CCNCC2)c(OC(C)C)c1. The lowest BCUT2D eigenvalue weighted by Gasteiger charge is -2.31. The summed E-state index contributed by atoms with van der Waals surface area (Å²) in [4.78, 5) is 2.40. The third-order valence-corrected chi connectivity index (χ3v) is 3.46. The van der Waals surface area contributed by atoms with Crippen molar-refractivity contribution in [3.63, 3.8) is 0 Å². The molecule has 1 saturated heterocycles. The summed E-state index contributed by atoms with van der Waals surface area (Å²) >= 11 is 0. The van der Waals surface area contributed by atoms with Crippen LogP contribution in [0.1, 0.15) is 19.4 Å². The fraction of sp³-hybridized carbons (Fsp3) is 0.529. The van der Waals surface area contributed by atoms with E-state index in [-0.39, 0.29) is 6.10 Å². The lowest BCUT2D eigenvalue weighted by Crippen LogP contribution is -2.43. The van der Waals surface area contributed by atoms with Gasteiger partial charge in [-0.15, -0.1) is 6.58 Å². The number of anilines is 1. The third-order valence-electron chi connectivity index (χ3n) is 3.46. The molecule has 0 saturated carbocycles. The first-order valence-corrected chi connectivity index (χ1v) is 7.77. The van der Waals surface area contributed by atoms with E-state index in [1.807, 2.05) is 6.08 Å². The van der Waals surface area contributed by atoms with Gasteiger partial charge in [-0.1, -0.05) is 12.1 Å². The average molecular weight is 289 g/mol. The van der Waals surface area contributed by atoms with Crippen LogP contribution in [0.4, 0.5) is 5.69 Å². The van der Waals surface area contributed by atoms with Crippen LogP contribution in [-0.2, 0) is 6.54 Å². The molecule has 0 radical (unpaired) electrons. The second-order valence-electron chi connectivity index (χ2n) is 5.63. The predicted octanol–water partition coefficient (Wildman–Crippen LogP) is 2.16. The number of ether oxygens (including phenoxy) is 1. The van der Waals surface area contributed by atoms with Gasteiger partial charge in [-0.25, -0.2) is 0 Å². The molecule has 2 N–H and O–H groups in total. The van der Waals surface area contributed by atoms with Crippen LogP contribution in [0, 0.1) is 0 Å². The summed E-state index contributed by atoms with van der Waals surface area (Å²) in [6.45, 7) is 13.7. The number of hydrogen-bond acceptors (Lipinski definition) is 4.